The molecule has 2 aromatic rings. The fourth-order valence-corrected chi connectivity index (χ4v) is 1.86. The Morgan fingerprint density at radius 3 is 2.81 bits per heavy atom. The summed E-state index contributed by atoms with van der Waals surface area (Å²) < 4.78 is 11.0. The Labute approximate surface area is 105 Å². The van der Waals surface area contributed by atoms with E-state index in [1.54, 1.807) is 13.2 Å². The molecule has 4 nitrogen and oxygen atoms in total. The Kier molecular flexibility index (Phi) is 3.07. The van der Waals surface area contributed by atoms with Crippen molar-refractivity contribution in [1.29, 1.82) is 0 Å². The maximum Gasteiger partial charge on any atom is 0.188 e. The third kappa shape index (κ3) is 1.88. The van der Waals surface area contributed by atoms with Gasteiger partial charge in [-0.3, -0.25) is 0 Å². The highest BCUT2D eigenvalue weighted by Gasteiger charge is 2.16. The molecule has 0 aliphatic heterocycles. The molecule has 0 spiro atoms. The number of methoxy groups -OCH3 is 1. The summed E-state index contributed by atoms with van der Waals surface area (Å²) in [5.41, 5.74) is 6.26. The van der Waals surface area contributed by atoms with Crippen molar-refractivity contribution in [2.45, 2.75) is 0 Å². The van der Waals surface area contributed by atoms with E-state index in [0.717, 1.165) is 10.0 Å². The fourth-order valence-electron chi connectivity index (χ4n) is 1.26. The van der Waals surface area contributed by atoms with Crippen molar-refractivity contribution < 1.29 is 9.26 Å². The molecule has 0 amide bonds. The molecule has 6 heteroatoms. The predicted octanol–water partition coefficient (Wildman–Crippen LogP) is 3.35. The summed E-state index contributed by atoms with van der Waals surface area (Å²) in [6.45, 7) is 0. The molecule has 0 unspecified atom stereocenters. The van der Waals surface area contributed by atoms with Crippen LogP contribution >= 0.6 is 27.5 Å². The van der Waals surface area contributed by atoms with Crippen LogP contribution in [0.1, 0.15) is 0 Å². The molecule has 16 heavy (non-hydrogen) atoms. The van der Waals surface area contributed by atoms with Gasteiger partial charge in [-0.05, 0) is 18.2 Å². The molecule has 0 fully saturated rings. The lowest BCUT2D eigenvalue weighted by molar-refractivity contribution is 0.413. The molecule has 0 saturated heterocycles. The second kappa shape index (κ2) is 4.35. The largest absolute Gasteiger partial charge is 0.497 e. The Bertz CT molecular complexity index is 528. The van der Waals surface area contributed by atoms with Crippen LogP contribution in [0, 0.1) is 0 Å². The van der Waals surface area contributed by atoms with Gasteiger partial charge in [0, 0.05) is 10.0 Å². The van der Waals surface area contributed by atoms with Gasteiger partial charge in [-0.2, -0.15) is 0 Å². The Balaban J connectivity index is 2.59. The van der Waals surface area contributed by atoms with E-state index < -0.39 is 0 Å². The molecule has 0 aliphatic rings. The monoisotopic (exact) mass is 302 g/mol. The summed E-state index contributed by atoms with van der Waals surface area (Å²) in [6.07, 6.45) is 0. The minimum absolute atomic E-state index is 0.173. The summed E-state index contributed by atoms with van der Waals surface area (Å²) in [7, 11) is 1.59. The lowest BCUT2D eigenvalue weighted by Gasteiger charge is -2.04. The number of hydrogen-bond donors (Lipinski definition) is 1. The summed E-state index contributed by atoms with van der Waals surface area (Å²) in [4.78, 5) is 0. The molecule has 0 radical (unpaired) electrons. The van der Waals surface area contributed by atoms with Gasteiger partial charge in [0.2, 0.25) is 0 Å². The lowest BCUT2D eigenvalue weighted by Crippen LogP contribution is -1.86. The van der Waals surface area contributed by atoms with Gasteiger partial charge in [0.15, 0.2) is 11.6 Å². The summed E-state index contributed by atoms with van der Waals surface area (Å²) in [5, 5.41) is 3.90. The second-order valence-corrected chi connectivity index (χ2v) is 4.29. The number of halogens is 2. The van der Waals surface area contributed by atoms with Crippen molar-refractivity contribution in [3.05, 3.63) is 27.7 Å². The van der Waals surface area contributed by atoms with Crippen LogP contribution in [0.15, 0.2) is 27.2 Å². The third-order valence-corrected chi connectivity index (χ3v) is 3.13. The average molecular weight is 304 g/mol. The predicted molar refractivity (Wildman–Crippen MR) is 65.6 cm³/mol. The van der Waals surface area contributed by atoms with Gasteiger partial charge >= 0.3 is 0 Å². The number of ether oxygens (including phenoxy) is 1. The maximum absolute atomic E-state index is 5.97. The molecular formula is C10H8BrClN2O2. The van der Waals surface area contributed by atoms with Crippen LogP contribution in [0.4, 0.5) is 5.82 Å². The Hall–Kier alpha value is -1.20. The number of nitrogens with zero attached hydrogens (tertiary/aromatic N) is 1. The first-order chi connectivity index (χ1) is 7.63. The fraction of sp³-hybridized carbons (Fsp3) is 0.100. The SMILES string of the molecule is COc1ccc(Br)c(-c2onc(N)c2Cl)c1. The Morgan fingerprint density at radius 1 is 1.50 bits per heavy atom. The van der Waals surface area contributed by atoms with Crippen LogP contribution in [0.3, 0.4) is 0 Å². The summed E-state index contributed by atoms with van der Waals surface area (Å²) in [6, 6.07) is 5.44. The van der Waals surface area contributed by atoms with E-state index in [-0.39, 0.29) is 5.82 Å². The normalized spacial score (nSPS) is 10.4. The quantitative estimate of drug-likeness (QED) is 0.924. The van der Waals surface area contributed by atoms with Gasteiger partial charge in [-0.15, -0.1) is 0 Å². The van der Waals surface area contributed by atoms with E-state index >= 15 is 0 Å². The van der Waals surface area contributed by atoms with E-state index in [1.165, 1.54) is 0 Å². The lowest BCUT2D eigenvalue weighted by atomic mass is 10.1. The number of rotatable bonds is 2. The highest BCUT2D eigenvalue weighted by Crippen LogP contribution is 2.38. The van der Waals surface area contributed by atoms with Crippen LogP contribution in [-0.4, -0.2) is 12.3 Å². The maximum atomic E-state index is 5.97. The van der Waals surface area contributed by atoms with E-state index in [0.29, 0.717) is 16.5 Å². The minimum atomic E-state index is 0.173. The van der Waals surface area contributed by atoms with Crippen molar-refractivity contribution in [2.75, 3.05) is 12.8 Å². The minimum Gasteiger partial charge on any atom is -0.497 e. The van der Waals surface area contributed by atoms with Gasteiger partial charge in [-0.1, -0.05) is 32.7 Å². The van der Waals surface area contributed by atoms with Gasteiger partial charge in [-0.25, -0.2) is 0 Å². The molecule has 1 heterocycles. The highest BCUT2D eigenvalue weighted by atomic mass is 79.9. The van der Waals surface area contributed by atoms with Gasteiger partial charge in [0.05, 0.1) is 7.11 Å². The van der Waals surface area contributed by atoms with Crippen LogP contribution in [0.2, 0.25) is 5.02 Å². The van der Waals surface area contributed by atoms with Crippen LogP contribution in [0.25, 0.3) is 11.3 Å². The van der Waals surface area contributed by atoms with Crippen LogP contribution in [-0.2, 0) is 0 Å². The summed E-state index contributed by atoms with van der Waals surface area (Å²) in [5.74, 6) is 1.29. The standard InChI is InChI=1S/C10H8BrClN2O2/c1-15-5-2-3-7(11)6(4-5)9-8(12)10(13)14-16-9/h2-4H,1H3,(H2,13,14). The zero-order chi connectivity index (χ0) is 11.7. The first kappa shape index (κ1) is 11.3. The van der Waals surface area contributed by atoms with E-state index in [1.807, 2.05) is 12.1 Å². The molecule has 2 rings (SSSR count). The van der Waals surface area contributed by atoms with Gasteiger partial charge in [0.25, 0.3) is 0 Å². The number of nitrogens with two attached hydrogens (primary N) is 1. The average Bonchev–Trinajstić information content (AvgIpc) is 2.61. The van der Waals surface area contributed by atoms with Crippen LogP contribution in [0.5, 0.6) is 5.75 Å². The topological polar surface area (TPSA) is 61.3 Å². The van der Waals surface area contributed by atoms with E-state index in [4.69, 9.17) is 26.6 Å². The van der Waals surface area contributed by atoms with Crippen molar-refractivity contribution in [3.63, 3.8) is 0 Å². The van der Waals surface area contributed by atoms with Crippen LogP contribution < -0.4 is 10.5 Å². The second-order valence-electron chi connectivity index (χ2n) is 3.06. The molecule has 84 valence electrons. The zero-order valence-electron chi connectivity index (χ0n) is 8.33. The molecule has 1 aromatic heterocycles. The molecule has 0 aliphatic carbocycles. The third-order valence-electron chi connectivity index (χ3n) is 2.08. The van der Waals surface area contributed by atoms with E-state index in [2.05, 4.69) is 21.1 Å². The molecule has 2 N–H and O–H groups in total. The number of benzene rings is 1. The van der Waals surface area contributed by atoms with Crippen molar-refractivity contribution >= 4 is 33.3 Å². The first-order valence-electron chi connectivity index (χ1n) is 4.38. The highest BCUT2D eigenvalue weighted by molar-refractivity contribution is 9.10. The van der Waals surface area contributed by atoms with E-state index in [9.17, 15) is 0 Å². The number of nitrogen functional groups attached to an aromatic ring is 1. The summed E-state index contributed by atoms with van der Waals surface area (Å²) >= 11 is 9.36. The van der Waals surface area contributed by atoms with Gasteiger partial charge < -0.3 is 15.0 Å². The number of hydrogen-bond acceptors (Lipinski definition) is 4. The first-order valence-corrected chi connectivity index (χ1v) is 5.55. The molecule has 0 atom stereocenters. The zero-order valence-corrected chi connectivity index (χ0v) is 10.7. The number of aromatic nitrogens is 1. The van der Waals surface area contributed by atoms with Crippen molar-refractivity contribution in [1.82, 2.24) is 5.16 Å². The molecule has 1 aromatic carbocycles. The van der Waals surface area contributed by atoms with Crippen molar-refractivity contribution in [3.8, 4) is 17.1 Å². The molecular weight excluding hydrogens is 295 g/mol. The number of anilines is 1. The van der Waals surface area contributed by atoms with Gasteiger partial charge in [0.1, 0.15) is 10.8 Å². The Morgan fingerprint density at radius 2 is 2.25 bits per heavy atom. The molecule has 0 bridgehead atoms. The molecule has 0 saturated carbocycles. The smallest absolute Gasteiger partial charge is 0.188 e. The van der Waals surface area contributed by atoms with Crippen molar-refractivity contribution in [2.24, 2.45) is 0 Å².